The third-order valence-corrected chi connectivity index (χ3v) is 3.46. The standard InChI is InChI=1S/C21H30N2O7/c1-20(2,3)29-18(27)15(23-19(28)30-21(4,5)6)11-12-16(24)22-14-9-7-13(8-10-14)17(25)26/h7-10,15H,11-12H2,1-6H3,(H,22,24)(H,23,28)(H,25,26). The number of carboxylic acids is 1. The first-order valence-electron chi connectivity index (χ1n) is 9.52. The lowest BCUT2D eigenvalue weighted by molar-refractivity contribution is -0.157. The number of carbonyl (C=O) groups is 4. The number of alkyl carbamates (subject to hydrolysis) is 1. The molecule has 0 aliphatic rings. The maximum atomic E-state index is 12.5. The third-order valence-electron chi connectivity index (χ3n) is 3.46. The number of nitrogens with one attached hydrogen (secondary N) is 2. The minimum Gasteiger partial charge on any atom is -0.478 e. The van der Waals surface area contributed by atoms with E-state index in [9.17, 15) is 19.2 Å². The van der Waals surface area contributed by atoms with Gasteiger partial charge in [-0.1, -0.05) is 0 Å². The highest BCUT2D eigenvalue weighted by Crippen LogP contribution is 2.14. The van der Waals surface area contributed by atoms with Crippen molar-refractivity contribution in [1.82, 2.24) is 5.32 Å². The smallest absolute Gasteiger partial charge is 0.408 e. The van der Waals surface area contributed by atoms with Crippen molar-refractivity contribution in [3.63, 3.8) is 0 Å². The number of benzene rings is 1. The lowest BCUT2D eigenvalue weighted by Gasteiger charge is -2.26. The quantitative estimate of drug-likeness (QED) is 0.574. The van der Waals surface area contributed by atoms with E-state index in [0.29, 0.717) is 5.69 Å². The summed E-state index contributed by atoms with van der Waals surface area (Å²) in [6.07, 6.45) is -0.879. The van der Waals surface area contributed by atoms with Gasteiger partial charge in [0.25, 0.3) is 0 Å². The summed E-state index contributed by atoms with van der Waals surface area (Å²) < 4.78 is 10.5. The average molecular weight is 422 g/mol. The van der Waals surface area contributed by atoms with Crippen LogP contribution in [0.15, 0.2) is 24.3 Å². The second kappa shape index (κ2) is 10.1. The summed E-state index contributed by atoms with van der Waals surface area (Å²) in [6.45, 7) is 10.2. The Labute approximate surface area is 176 Å². The van der Waals surface area contributed by atoms with E-state index in [1.165, 1.54) is 24.3 Å². The number of amides is 2. The minimum atomic E-state index is -1.07. The van der Waals surface area contributed by atoms with Gasteiger partial charge in [0.2, 0.25) is 5.91 Å². The van der Waals surface area contributed by atoms with Crippen LogP contribution in [0.25, 0.3) is 0 Å². The summed E-state index contributed by atoms with van der Waals surface area (Å²) in [5, 5.41) is 14.0. The third kappa shape index (κ3) is 9.90. The van der Waals surface area contributed by atoms with E-state index in [-0.39, 0.29) is 18.4 Å². The number of rotatable bonds is 7. The topological polar surface area (TPSA) is 131 Å². The van der Waals surface area contributed by atoms with Crippen molar-refractivity contribution in [3.8, 4) is 0 Å². The van der Waals surface area contributed by atoms with Crippen LogP contribution in [0.3, 0.4) is 0 Å². The van der Waals surface area contributed by atoms with Gasteiger partial charge in [0, 0.05) is 12.1 Å². The van der Waals surface area contributed by atoms with Crippen molar-refractivity contribution < 1.29 is 33.8 Å². The van der Waals surface area contributed by atoms with Crippen molar-refractivity contribution in [1.29, 1.82) is 0 Å². The number of ether oxygens (including phenoxy) is 2. The average Bonchev–Trinajstić information content (AvgIpc) is 2.55. The summed E-state index contributed by atoms with van der Waals surface area (Å²) in [7, 11) is 0. The molecule has 0 saturated carbocycles. The summed E-state index contributed by atoms with van der Waals surface area (Å²) in [6, 6.07) is 4.59. The fourth-order valence-corrected chi connectivity index (χ4v) is 2.27. The number of hydrogen-bond donors (Lipinski definition) is 3. The first-order valence-corrected chi connectivity index (χ1v) is 9.52. The van der Waals surface area contributed by atoms with Crippen LogP contribution in [0.1, 0.15) is 64.7 Å². The Morgan fingerprint density at radius 1 is 0.933 bits per heavy atom. The molecule has 0 saturated heterocycles. The second-order valence-electron chi connectivity index (χ2n) is 8.70. The Hall–Kier alpha value is -3.10. The molecule has 0 fully saturated rings. The van der Waals surface area contributed by atoms with Gasteiger partial charge < -0.3 is 25.2 Å². The van der Waals surface area contributed by atoms with E-state index < -0.39 is 41.2 Å². The van der Waals surface area contributed by atoms with E-state index in [1.807, 2.05) is 0 Å². The minimum absolute atomic E-state index is 0.00675. The molecule has 30 heavy (non-hydrogen) atoms. The van der Waals surface area contributed by atoms with Gasteiger partial charge in [0.1, 0.15) is 17.2 Å². The number of aromatic carboxylic acids is 1. The number of carbonyl (C=O) groups excluding carboxylic acids is 3. The maximum absolute atomic E-state index is 12.5. The molecule has 2 amide bonds. The van der Waals surface area contributed by atoms with Gasteiger partial charge in [0.05, 0.1) is 5.56 Å². The van der Waals surface area contributed by atoms with Crippen molar-refractivity contribution in [2.75, 3.05) is 5.32 Å². The number of hydrogen-bond acceptors (Lipinski definition) is 6. The first-order chi connectivity index (χ1) is 13.7. The molecule has 166 valence electrons. The summed E-state index contributed by atoms with van der Waals surface area (Å²) >= 11 is 0. The van der Waals surface area contributed by atoms with Crippen molar-refractivity contribution in [2.24, 2.45) is 0 Å². The van der Waals surface area contributed by atoms with Crippen molar-refractivity contribution >= 4 is 29.6 Å². The van der Waals surface area contributed by atoms with Gasteiger partial charge in [-0.3, -0.25) is 4.79 Å². The summed E-state index contributed by atoms with van der Waals surface area (Å²) in [5.41, 5.74) is -1.00. The highest BCUT2D eigenvalue weighted by atomic mass is 16.6. The zero-order chi connectivity index (χ0) is 23.1. The van der Waals surface area contributed by atoms with E-state index in [2.05, 4.69) is 10.6 Å². The number of esters is 1. The molecule has 0 bridgehead atoms. The molecule has 0 spiro atoms. The molecule has 0 radical (unpaired) electrons. The van der Waals surface area contributed by atoms with Crippen LogP contribution in [0, 0.1) is 0 Å². The largest absolute Gasteiger partial charge is 0.478 e. The van der Waals surface area contributed by atoms with Gasteiger partial charge in [-0.15, -0.1) is 0 Å². The second-order valence-corrected chi connectivity index (χ2v) is 8.70. The predicted molar refractivity (Wildman–Crippen MR) is 110 cm³/mol. The molecule has 1 aromatic carbocycles. The SMILES string of the molecule is CC(C)(C)OC(=O)NC(CCC(=O)Nc1ccc(C(=O)O)cc1)C(=O)OC(C)(C)C. The van der Waals surface area contributed by atoms with E-state index >= 15 is 0 Å². The Balaban J connectivity index is 2.74. The fraction of sp³-hybridized carbons (Fsp3) is 0.524. The molecule has 1 atom stereocenters. The molecule has 3 N–H and O–H groups in total. The van der Waals surface area contributed by atoms with Crippen LogP contribution in [-0.4, -0.2) is 46.3 Å². The normalized spacial score (nSPS) is 12.5. The number of anilines is 1. The van der Waals surface area contributed by atoms with Gasteiger partial charge in [-0.2, -0.15) is 0 Å². The Morgan fingerprint density at radius 3 is 1.93 bits per heavy atom. The first kappa shape index (κ1) is 24.9. The van der Waals surface area contributed by atoms with Gasteiger partial charge in [-0.05, 0) is 72.2 Å². The molecule has 0 aliphatic heterocycles. The van der Waals surface area contributed by atoms with Crippen LogP contribution in [-0.2, 0) is 19.1 Å². The van der Waals surface area contributed by atoms with Crippen LogP contribution in [0.2, 0.25) is 0 Å². The fourth-order valence-electron chi connectivity index (χ4n) is 2.27. The number of carboxylic acid groups (broad SMARTS) is 1. The van der Waals surface area contributed by atoms with Crippen LogP contribution in [0.5, 0.6) is 0 Å². The van der Waals surface area contributed by atoms with E-state index in [0.717, 1.165) is 0 Å². The highest BCUT2D eigenvalue weighted by Gasteiger charge is 2.29. The molecule has 9 heteroatoms. The summed E-state index contributed by atoms with van der Waals surface area (Å²) in [4.78, 5) is 47.6. The maximum Gasteiger partial charge on any atom is 0.408 e. The van der Waals surface area contributed by atoms with Gasteiger partial charge in [-0.25, -0.2) is 14.4 Å². The monoisotopic (exact) mass is 422 g/mol. The summed E-state index contributed by atoms with van der Waals surface area (Å²) in [5.74, 6) is -2.15. The zero-order valence-electron chi connectivity index (χ0n) is 18.2. The van der Waals surface area contributed by atoms with Crippen molar-refractivity contribution in [2.45, 2.75) is 71.6 Å². The van der Waals surface area contributed by atoms with Crippen LogP contribution in [0.4, 0.5) is 10.5 Å². The molecule has 0 heterocycles. The van der Waals surface area contributed by atoms with Crippen LogP contribution >= 0.6 is 0 Å². The molecule has 1 rings (SSSR count). The lowest BCUT2D eigenvalue weighted by atomic mass is 10.1. The molecule has 0 aliphatic carbocycles. The molecule has 9 nitrogen and oxygen atoms in total. The molecule has 1 unspecified atom stereocenters. The predicted octanol–water partition coefficient (Wildman–Crippen LogP) is 3.34. The van der Waals surface area contributed by atoms with Crippen LogP contribution < -0.4 is 10.6 Å². The van der Waals surface area contributed by atoms with Crippen molar-refractivity contribution in [3.05, 3.63) is 29.8 Å². The zero-order valence-corrected chi connectivity index (χ0v) is 18.2. The molecular formula is C21H30N2O7. The Morgan fingerprint density at radius 2 is 1.47 bits per heavy atom. The van der Waals surface area contributed by atoms with Gasteiger partial charge >= 0.3 is 18.0 Å². The van der Waals surface area contributed by atoms with Gasteiger partial charge in [0.15, 0.2) is 0 Å². The molecular weight excluding hydrogens is 392 g/mol. The van der Waals surface area contributed by atoms with E-state index in [4.69, 9.17) is 14.6 Å². The molecule has 1 aromatic rings. The highest BCUT2D eigenvalue weighted by molar-refractivity contribution is 5.93. The molecule has 0 aromatic heterocycles. The lowest BCUT2D eigenvalue weighted by Crippen LogP contribution is -2.46. The Bertz CT molecular complexity index is 774. The van der Waals surface area contributed by atoms with E-state index in [1.54, 1.807) is 41.5 Å². The Kier molecular flexibility index (Phi) is 8.38.